The second-order valence-corrected chi connectivity index (χ2v) is 7.96. The summed E-state index contributed by atoms with van der Waals surface area (Å²) in [4.78, 5) is 19.3. The van der Waals surface area contributed by atoms with Gasteiger partial charge in [0.2, 0.25) is 0 Å². The van der Waals surface area contributed by atoms with Crippen molar-refractivity contribution < 1.29 is 9.53 Å². The van der Waals surface area contributed by atoms with Crippen LogP contribution in [0.2, 0.25) is 0 Å². The lowest BCUT2D eigenvalue weighted by atomic mass is 10.1. The Labute approximate surface area is 172 Å². The molecule has 2 N–H and O–H groups in total. The minimum Gasteiger partial charge on any atom is -0.378 e. The molecular formula is C20H22N6O2S. The molecule has 150 valence electrons. The summed E-state index contributed by atoms with van der Waals surface area (Å²) >= 11 is 1.65. The highest BCUT2D eigenvalue weighted by Gasteiger charge is 2.16. The summed E-state index contributed by atoms with van der Waals surface area (Å²) in [5.41, 5.74) is 3.86. The number of nitrogens with one attached hydrogen (secondary N) is 2. The maximum atomic E-state index is 12.2. The summed E-state index contributed by atoms with van der Waals surface area (Å²) in [5, 5.41) is 13.1. The van der Waals surface area contributed by atoms with Crippen molar-refractivity contribution in [2.45, 2.75) is 19.4 Å². The summed E-state index contributed by atoms with van der Waals surface area (Å²) < 4.78 is 7.35. The predicted octanol–water partition coefficient (Wildman–Crippen LogP) is 3.43. The van der Waals surface area contributed by atoms with Gasteiger partial charge in [0.25, 0.3) is 0 Å². The van der Waals surface area contributed by atoms with Crippen molar-refractivity contribution in [3.05, 3.63) is 41.4 Å². The van der Waals surface area contributed by atoms with Gasteiger partial charge in [0.1, 0.15) is 0 Å². The van der Waals surface area contributed by atoms with Gasteiger partial charge in [0.05, 0.1) is 18.9 Å². The number of morpholine rings is 1. The maximum Gasteiger partial charge on any atom is 0.324 e. The van der Waals surface area contributed by atoms with E-state index >= 15 is 0 Å². The first-order valence-electron chi connectivity index (χ1n) is 9.78. The van der Waals surface area contributed by atoms with Crippen LogP contribution in [0.1, 0.15) is 12.1 Å². The number of nitrogens with zero attached hydrogens (tertiary/aromatic N) is 4. The lowest BCUT2D eigenvalue weighted by Crippen LogP contribution is -2.36. The first-order chi connectivity index (χ1) is 14.2. The quantitative estimate of drug-likeness (QED) is 0.688. The fraction of sp³-hybridized carbons (Fsp3) is 0.350. The molecule has 29 heavy (non-hydrogen) atoms. The molecule has 5 rings (SSSR count). The number of ether oxygens (including phenoxy) is 1. The van der Waals surface area contributed by atoms with Crippen LogP contribution in [0.3, 0.4) is 0 Å². The molecule has 0 atom stereocenters. The molecular weight excluding hydrogens is 388 g/mol. The highest BCUT2D eigenvalue weighted by molar-refractivity contribution is 7.14. The smallest absolute Gasteiger partial charge is 0.324 e. The number of fused-ring (bicyclic) bond motifs is 1. The van der Waals surface area contributed by atoms with Gasteiger partial charge in [0.15, 0.2) is 10.9 Å². The van der Waals surface area contributed by atoms with Gasteiger partial charge in [-0.2, -0.15) is 5.10 Å². The lowest BCUT2D eigenvalue weighted by Gasteiger charge is -2.26. The fourth-order valence-electron chi connectivity index (χ4n) is 3.62. The number of aryl methyl sites for hydroxylation is 2. The SMILES string of the molecule is O=C(Nc1ccc(-c2csc(N3CCOCC3)n2)cc1)Nc1cc2n(n1)CCC2. The van der Waals surface area contributed by atoms with E-state index in [1.165, 1.54) is 5.69 Å². The molecule has 1 saturated heterocycles. The molecule has 2 aliphatic heterocycles. The van der Waals surface area contributed by atoms with E-state index in [1.807, 2.05) is 35.0 Å². The van der Waals surface area contributed by atoms with Crippen LogP contribution in [0.5, 0.6) is 0 Å². The normalized spacial score (nSPS) is 15.9. The van der Waals surface area contributed by atoms with Gasteiger partial charge >= 0.3 is 6.03 Å². The van der Waals surface area contributed by atoms with E-state index in [1.54, 1.807) is 11.3 Å². The van der Waals surface area contributed by atoms with Crippen molar-refractivity contribution in [2.24, 2.45) is 0 Å². The Morgan fingerprint density at radius 1 is 1.10 bits per heavy atom. The highest BCUT2D eigenvalue weighted by atomic mass is 32.1. The van der Waals surface area contributed by atoms with E-state index < -0.39 is 0 Å². The zero-order valence-electron chi connectivity index (χ0n) is 15.9. The van der Waals surface area contributed by atoms with Crippen LogP contribution in [-0.4, -0.2) is 47.1 Å². The summed E-state index contributed by atoms with van der Waals surface area (Å²) in [7, 11) is 0. The minimum absolute atomic E-state index is 0.294. The Balaban J connectivity index is 1.20. The van der Waals surface area contributed by atoms with Crippen molar-refractivity contribution >= 4 is 34.0 Å². The molecule has 4 heterocycles. The summed E-state index contributed by atoms with van der Waals surface area (Å²) in [5.74, 6) is 0.590. The molecule has 2 amide bonds. The third-order valence-electron chi connectivity index (χ3n) is 5.12. The molecule has 0 radical (unpaired) electrons. The molecule has 0 unspecified atom stereocenters. The van der Waals surface area contributed by atoms with E-state index in [0.29, 0.717) is 5.82 Å². The van der Waals surface area contributed by atoms with Crippen LogP contribution in [0.25, 0.3) is 11.3 Å². The van der Waals surface area contributed by atoms with Crippen LogP contribution >= 0.6 is 11.3 Å². The molecule has 9 heteroatoms. The standard InChI is InChI=1S/C20H22N6O2S/c27-19(23-18-12-16-2-1-7-26(16)24-18)21-15-5-3-14(4-6-15)17-13-29-20(22-17)25-8-10-28-11-9-25/h3-6,12-13H,1-2,7-11H2,(H2,21,23,24,27). The average molecular weight is 411 g/mol. The Bertz CT molecular complexity index is 985. The molecule has 8 nitrogen and oxygen atoms in total. The molecule has 3 aromatic rings. The van der Waals surface area contributed by atoms with E-state index in [9.17, 15) is 4.79 Å². The molecule has 0 aliphatic carbocycles. The second kappa shape index (κ2) is 7.84. The molecule has 0 spiro atoms. The van der Waals surface area contributed by atoms with Gasteiger partial charge in [-0.1, -0.05) is 12.1 Å². The average Bonchev–Trinajstić information content (AvgIpc) is 3.45. The minimum atomic E-state index is -0.294. The Kier molecular flexibility index (Phi) is 4.91. The number of urea groups is 1. The summed E-state index contributed by atoms with van der Waals surface area (Å²) in [6.07, 6.45) is 2.13. The number of anilines is 3. The zero-order chi connectivity index (χ0) is 19.6. The molecule has 2 aromatic heterocycles. The number of thiazole rings is 1. The Hall–Kier alpha value is -2.91. The van der Waals surface area contributed by atoms with Crippen molar-refractivity contribution in [3.8, 4) is 11.3 Å². The number of hydrogen-bond donors (Lipinski definition) is 2. The van der Waals surface area contributed by atoms with Crippen LogP contribution in [0, 0.1) is 0 Å². The predicted molar refractivity (Wildman–Crippen MR) is 114 cm³/mol. The summed E-state index contributed by atoms with van der Waals surface area (Å²) in [6.45, 7) is 4.18. The second-order valence-electron chi connectivity index (χ2n) is 7.12. The van der Waals surface area contributed by atoms with Crippen molar-refractivity contribution in [1.82, 2.24) is 14.8 Å². The Morgan fingerprint density at radius 2 is 1.93 bits per heavy atom. The van der Waals surface area contributed by atoms with E-state index in [2.05, 4.69) is 26.0 Å². The number of aromatic nitrogens is 3. The van der Waals surface area contributed by atoms with Gasteiger partial charge in [-0.25, -0.2) is 9.78 Å². The Morgan fingerprint density at radius 3 is 2.72 bits per heavy atom. The van der Waals surface area contributed by atoms with E-state index in [4.69, 9.17) is 9.72 Å². The number of carbonyl (C=O) groups is 1. The summed E-state index contributed by atoms with van der Waals surface area (Å²) in [6, 6.07) is 9.35. The topological polar surface area (TPSA) is 84.3 Å². The van der Waals surface area contributed by atoms with Crippen LogP contribution in [0.4, 0.5) is 21.4 Å². The molecule has 2 aliphatic rings. The molecule has 0 saturated carbocycles. The molecule has 1 fully saturated rings. The number of hydrogen-bond acceptors (Lipinski definition) is 6. The maximum absolute atomic E-state index is 12.2. The zero-order valence-corrected chi connectivity index (χ0v) is 16.7. The van der Waals surface area contributed by atoms with Gasteiger partial charge in [0, 0.05) is 48.0 Å². The number of rotatable bonds is 4. The molecule has 0 bridgehead atoms. The highest BCUT2D eigenvalue weighted by Crippen LogP contribution is 2.28. The van der Waals surface area contributed by atoms with Crippen molar-refractivity contribution in [2.75, 3.05) is 41.8 Å². The largest absolute Gasteiger partial charge is 0.378 e. The van der Waals surface area contributed by atoms with Gasteiger partial charge < -0.3 is 15.0 Å². The van der Waals surface area contributed by atoms with Crippen molar-refractivity contribution in [1.29, 1.82) is 0 Å². The van der Waals surface area contributed by atoms with Crippen molar-refractivity contribution in [3.63, 3.8) is 0 Å². The van der Waals surface area contributed by atoms with E-state index in [-0.39, 0.29) is 6.03 Å². The van der Waals surface area contributed by atoms with Gasteiger partial charge in [-0.3, -0.25) is 10.00 Å². The number of benzene rings is 1. The fourth-order valence-corrected chi connectivity index (χ4v) is 4.51. The van der Waals surface area contributed by atoms with Crippen LogP contribution in [-0.2, 0) is 17.7 Å². The third-order valence-corrected chi connectivity index (χ3v) is 6.02. The van der Waals surface area contributed by atoms with Crippen LogP contribution < -0.4 is 15.5 Å². The van der Waals surface area contributed by atoms with Crippen LogP contribution in [0.15, 0.2) is 35.7 Å². The molecule has 1 aromatic carbocycles. The van der Waals surface area contributed by atoms with Gasteiger partial charge in [-0.05, 0) is 25.0 Å². The first kappa shape index (κ1) is 18.1. The monoisotopic (exact) mass is 410 g/mol. The number of amides is 2. The van der Waals surface area contributed by atoms with Gasteiger partial charge in [-0.15, -0.1) is 11.3 Å². The lowest BCUT2D eigenvalue weighted by molar-refractivity contribution is 0.122. The van der Waals surface area contributed by atoms with E-state index in [0.717, 1.165) is 67.8 Å². The number of carbonyl (C=O) groups excluding carboxylic acids is 1. The third kappa shape index (κ3) is 3.96. The first-order valence-corrected chi connectivity index (χ1v) is 10.7.